The summed E-state index contributed by atoms with van der Waals surface area (Å²) in [6.45, 7) is 2.15. The van der Waals surface area contributed by atoms with Gasteiger partial charge in [0.15, 0.2) is 0 Å². The minimum absolute atomic E-state index is 1.12. The average Bonchev–Trinajstić information content (AvgIpc) is 2.55. The number of rotatable bonds is 2. The quantitative estimate of drug-likeness (QED) is 0.472. The van der Waals surface area contributed by atoms with Crippen LogP contribution in [0, 0.1) is 6.92 Å². The van der Waals surface area contributed by atoms with Gasteiger partial charge in [0.05, 0.1) is 0 Å². The summed E-state index contributed by atoms with van der Waals surface area (Å²) in [4.78, 5) is 0. The lowest BCUT2D eigenvalue weighted by Gasteiger charge is -2.10. The number of benzene rings is 4. The Morgan fingerprint density at radius 3 is 2.14 bits per heavy atom. The number of hydrogen-bond acceptors (Lipinski definition) is 1. The highest BCUT2D eigenvalue weighted by molar-refractivity contribution is 5.90. The summed E-state index contributed by atoms with van der Waals surface area (Å²) >= 11 is 0. The molecule has 0 aliphatic heterocycles. The lowest BCUT2D eigenvalue weighted by atomic mass is 10.0. The molecule has 22 heavy (non-hydrogen) atoms. The van der Waals surface area contributed by atoms with Crippen LogP contribution in [0.3, 0.4) is 0 Å². The zero-order valence-corrected chi connectivity index (χ0v) is 12.5. The van der Waals surface area contributed by atoms with E-state index in [9.17, 15) is 0 Å². The van der Waals surface area contributed by atoms with Crippen LogP contribution in [0.15, 0.2) is 78.9 Å². The van der Waals surface area contributed by atoms with Gasteiger partial charge in [0.1, 0.15) is 0 Å². The van der Waals surface area contributed by atoms with Crippen LogP contribution in [0.5, 0.6) is 0 Å². The molecule has 1 nitrogen and oxygen atoms in total. The second-order valence-corrected chi connectivity index (χ2v) is 5.70. The van der Waals surface area contributed by atoms with E-state index in [1.165, 1.54) is 27.1 Å². The number of hydrogen-bond donors (Lipinski definition) is 1. The third-order valence-electron chi connectivity index (χ3n) is 4.14. The average molecular weight is 283 g/mol. The van der Waals surface area contributed by atoms with E-state index in [1.54, 1.807) is 0 Å². The molecule has 0 bridgehead atoms. The van der Waals surface area contributed by atoms with Crippen LogP contribution in [0.2, 0.25) is 0 Å². The lowest BCUT2D eigenvalue weighted by Crippen LogP contribution is -1.90. The highest BCUT2D eigenvalue weighted by atomic mass is 14.9. The molecule has 4 rings (SSSR count). The van der Waals surface area contributed by atoms with Crippen LogP contribution in [-0.2, 0) is 0 Å². The lowest BCUT2D eigenvalue weighted by molar-refractivity contribution is 1.52. The second kappa shape index (κ2) is 5.19. The van der Waals surface area contributed by atoms with Crippen molar-refractivity contribution in [3.05, 3.63) is 84.4 Å². The second-order valence-electron chi connectivity index (χ2n) is 5.70. The fourth-order valence-electron chi connectivity index (χ4n) is 2.96. The molecule has 0 saturated heterocycles. The largest absolute Gasteiger partial charge is 0.355 e. The van der Waals surface area contributed by atoms with Crippen molar-refractivity contribution in [1.82, 2.24) is 0 Å². The Morgan fingerprint density at radius 2 is 1.27 bits per heavy atom. The van der Waals surface area contributed by atoms with E-state index in [2.05, 4.69) is 91.1 Å². The van der Waals surface area contributed by atoms with Crippen molar-refractivity contribution in [2.45, 2.75) is 6.92 Å². The molecule has 1 N–H and O–H groups in total. The standard InChI is InChI=1S/C21H17N/c1-15-5-4-8-18-14-20(11-12-21(15)18)22-19-10-9-16-6-2-3-7-17(16)13-19/h2-14,22H,1H3. The van der Waals surface area contributed by atoms with Crippen LogP contribution in [0.1, 0.15) is 5.56 Å². The molecule has 0 fully saturated rings. The van der Waals surface area contributed by atoms with Crippen molar-refractivity contribution >= 4 is 32.9 Å². The third kappa shape index (κ3) is 2.31. The number of anilines is 2. The van der Waals surface area contributed by atoms with Crippen molar-refractivity contribution in [3.63, 3.8) is 0 Å². The van der Waals surface area contributed by atoms with Gasteiger partial charge in [0, 0.05) is 11.4 Å². The molecule has 0 atom stereocenters. The number of nitrogens with one attached hydrogen (secondary N) is 1. The Bertz CT molecular complexity index is 970. The Morgan fingerprint density at radius 1 is 0.591 bits per heavy atom. The van der Waals surface area contributed by atoms with Crippen molar-refractivity contribution < 1.29 is 0 Å². The normalized spacial score (nSPS) is 11.0. The molecule has 1 heteroatoms. The van der Waals surface area contributed by atoms with Gasteiger partial charge < -0.3 is 5.32 Å². The predicted octanol–water partition coefficient (Wildman–Crippen LogP) is 6.05. The molecule has 0 radical (unpaired) electrons. The molecule has 0 aliphatic carbocycles. The highest BCUT2D eigenvalue weighted by Gasteiger charge is 2.00. The van der Waals surface area contributed by atoms with E-state index in [1.807, 2.05) is 0 Å². The van der Waals surface area contributed by atoms with Gasteiger partial charge >= 0.3 is 0 Å². The van der Waals surface area contributed by atoms with Gasteiger partial charge in [-0.25, -0.2) is 0 Å². The summed E-state index contributed by atoms with van der Waals surface area (Å²) in [5.41, 5.74) is 3.55. The van der Waals surface area contributed by atoms with Crippen LogP contribution in [0.4, 0.5) is 11.4 Å². The molecule has 0 amide bonds. The first-order chi connectivity index (χ1) is 10.8. The van der Waals surface area contributed by atoms with E-state index in [-0.39, 0.29) is 0 Å². The smallest absolute Gasteiger partial charge is 0.0390 e. The molecule has 4 aromatic carbocycles. The van der Waals surface area contributed by atoms with E-state index in [0.29, 0.717) is 0 Å². The topological polar surface area (TPSA) is 12.0 Å². The monoisotopic (exact) mass is 283 g/mol. The van der Waals surface area contributed by atoms with E-state index < -0.39 is 0 Å². The van der Waals surface area contributed by atoms with Gasteiger partial charge in [0.2, 0.25) is 0 Å². The molecular weight excluding hydrogens is 266 g/mol. The van der Waals surface area contributed by atoms with Gasteiger partial charge in [0.25, 0.3) is 0 Å². The maximum atomic E-state index is 3.51. The summed E-state index contributed by atoms with van der Waals surface area (Å²) in [6.07, 6.45) is 0. The fraction of sp³-hybridized carbons (Fsp3) is 0.0476. The van der Waals surface area contributed by atoms with Crippen molar-refractivity contribution in [3.8, 4) is 0 Å². The van der Waals surface area contributed by atoms with Crippen LogP contribution in [0.25, 0.3) is 21.5 Å². The molecule has 106 valence electrons. The minimum Gasteiger partial charge on any atom is -0.355 e. The third-order valence-corrected chi connectivity index (χ3v) is 4.14. The fourth-order valence-corrected chi connectivity index (χ4v) is 2.96. The Hall–Kier alpha value is -2.80. The summed E-state index contributed by atoms with van der Waals surface area (Å²) in [5.74, 6) is 0. The number of fused-ring (bicyclic) bond motifs is 2. The Balaban J connectivity index is 1.72. The van der Waals surface area contributed by atoms with Gasteiger partial charge in [-0.2, -0.15) is 0 Å². The van der Waals surface area contributed by atoms with Crippen LogP contribution in [-0.4, -0.2) is 0 Å². The molecule has 0 spiro atoms. The van der Waals surface area contributed by atoms with Gasteiger partial charge in [-0.3, -0.25) is 0 Å². The van der Waals surface area contributed by atoms with Crippen molar-refractivity contribution in [2.24, 2.45) is 0 Å². The maximum absolute atomic E-state index is 3.51. The van der Waals surface area contributed by atoms with Crippen molar-refractivity contribution in [2.75, 3.05) is 5.32 Å². The SMILES string of the molecule is Cc1cccc2cc(Nc3ccc4ccccc4c3)ccc12. The maximum Gasteiger partial charge on any atom is 0.0390 e. The zero-order valence-electron chi connectivity index (χ0n) is 12.5. The molecule has 0 unspecified atom stereocenters. The molecule has 4 aromatic rings. The van der Waals surface area contributed by atoms with Crippen LogP contribution >= 0.6 is 0 Å². The summed E-state index contributed by atoms with van der Waals surface area (Å²) < 4.78 is 0. The van der Waals surface area contributed by atoms with Crippen LogP contribution < -0.4 is 5.32 Å². The molecule has 0 aliphatic rings. The minimum atomic E-state index is 1.12. The van der Waals surface area contributed by atoms with Gasteiger partial charge in [-0.1, -0.05) is 54.6 Å². The Labute approximate surface area is 130 Å². The molecule has 0 heterocycles. The molecule has 0 saturated carbocycles. The first-order valence-electron chi connectivity index (χ1n) is 7.55. The molecule has 0 aromatic heterocycles. The van der Waals surface area contributed by atoms with E-state index in [4.69, 9.17) is 0 Å². The molecular formula is C21H17N. The summed E-state index contributed by atoms with van der Waals surface area (Å²) in [6, 6.07) is 27.9. The van der Waals surface area contributed by atoms with Gasteiger partial charge in [-0.15, -0.1) is 0 Å². The summed E-state index contributed by atoms with van der Waals surface area (Å²) in [5, 5.41) is 8.61. The highest BCUT2D eigenvalue weighted by Crippen LogP contribution is 2.26. The van der Waals surface area contributed by atoms with E-state index in [0.717, 1.165) is 11.4 Å². The Kier molecular flexibility index (Phi) is 3.05. The van der Waals surface area contributed by atoms with Gasteiger partial charge in [-0.05, 0) is 58.3 Å². The zero-order chi connectivity index (χ0) is 14.9. The number of aryl methyl sites for hydroxylation is 1. The first-order valence-corrected chi connectivity index (χ1v) is 7.55. The first kappa shape index (κ1) is 12.9. The predicted molar refractivity (Wildman–Crippen MR) is 95.9 cm³/mol. The summed E-state index contributed by atoms with van der Waals surface area (Å²) in [7, 11) is 0. The van der Waals surface area contributed by atoms with E-state index >= 15 is 0 Å². The van der Waals surface area contributed by atoms with Crippen molar-refractivity contribution in [1.29, 1.82) is 0 Å².